The first-order chi connectivity index (χ1) is 13.1. The van der Waals surface area contributed by atoms with Gasteiger partial charge in [-0.25, -0.2) is 14.4 Å². The molecule has 4 aromatic rings. The minimum absolute atomic E-state index is 0. The lowest BCUT2D eigenvalue weighted by atomic mass is 10.2. The molecule has 4 rings (SSSR count). The van der Waals surface area contributed by atoms with Crippen LogP contribution in [0.2, 0.25) is 0 Å². The normalized spacial score (nSPS) is 10.8. The van der Waals surface area contributed by atoms with E-state index < -0.39 is 0 Å². The van der Waals surface area contributed by atoms with Crippen LogP contribution in [0.15, 0.2) is 52.9 Å². The molecule has 0 aliphatic rings. The third kappa shape index (κ3) is 5.15. The summed E-state index contributed by atoms with van der Waals surface area (Å²) in [4.78, 5) is 11.3. The third-order valence-corrected chi connectivity index (χ3v) is 4.38. The lowest BCUT2D eigenvalue weighted by Gasteiger charge is -2.12. The highest BCUT2D eigenvalue weighted by Gasteiger charge is 2.14. The highest BCUT2D eigenvalue weighted by molar-refractivity contribution is 5.91. The van der Waals surface area contributed by atoms with Gasteiger partial charge in [0.1, 0.15) is 17.2 Å². The lowest BCUT2D eigenvalue weighted by Crippen LogP contribution is -2.16. The second kappa shape index (κ2) is 9.87. The summed E-state index contributed by atoms with van der Waals surface area (Å²) in [5.74, 6) is 1.38. The van der Waals surface area contributed by atoms with E-state index in [2.05, 4.69) is 20.2 Å². The summed E-state index contributed by atoms with van der Waals surface area (Å²) >= 11 is 0. The molecule has 2 aromatic heterocycles. The van der Waals surface area contributed by atoms with Gasteiger partial charge in [0.15, 0.2) is 11.6 Å². The van der Waals surface area contributed by atoms with Crippen LogP contribution in [0.5, 0.6) is 0 Å². The topological polar surface area (TPSA) is 54.2 Å². The zero-order valence-corrected chi connectivity index (χ0v) is 17.8. The number of hydrogen-bond donors (Lipinski definition) is 1. The Morgan fingerprint density at radius 3 is 2.59 bits per heavy atom. The summed E-state index contributed by atoms with van der Waals surface area (Å²) in [6, 6.07) is 14.2. The van der Waals surface area contributed by atoms with Crippen LogP contribution in [-0.4, -0.2) is 42.1 Å². The van der Waals surface area contributed by atoms with Gasteiger partial charge in [-0.15, -0.1) is 24.8 Å². The summed E-state index contributed by atoms with van der Waals surface area (Å²) in [6.07, 6.45) is 0.972. The van der Waals surface area contributed by atoms with Crippen LogP contribution in [0, 0.1) is 5.82 Å². The number of para-hydroxylation sites is 1. The number of anilines is 1. The monoisotopic (exact) mass is 436 g/mol. The number of nitrogens with zero attached hydrogens (tertiary/aromatic N) is 3. The van der Waals surface area contributed by atoms with E-state index in [1.165, 1.54) is 12.1 Å². The SMILES string of the molecule is CN(C)CCCNc1nc(-c2cc3ccccc3o2)nc2cc(F)ccc12.Cl.Cl. The first-order valence-electron chi connectivity index (χ1n) is 8.95. The first-order valence-corrected chi connectivity index (χ1v) is 8.95. The molecule has 0 aliphatic heterocycles. The molecule has 29 heavy (non-hydrogen) atoms. The molecule has 0 radical (unpaired) electrons. The second-order valence-corrected chi connectivity index (χ2v) is 6.79. The van der Waals surface area contributed by atoms with Gasteiger partial charge in [0.25, 0.3) is 0 Å². The maximum absolute atomic E-state index is 13.8. The fraction of sp³-hybridized carbons (Fsp3) is 0.238. The molecule has 1 N–H and O–H groups in total. The minimum Gasteiger partial charge on any atom is -0.453 e. The quantitative estimate of drug-likeness (QED) is 0.410. The predicted molar refractivity (Wildman–Crippen MR) is 121 cm³/mol. The molecule has 2 aromatic carbocycles. The maximum atomic E-state index is 13.8. The van der Waals surface area contributed by atoms with Crippen LogP contribution in [0.3, 0.4) is 0 Å². The van der Waals surface area contributed by atoms with E-state index >= 15 is 0 Å². The first kappa shape index (κ1) is 22.9. The van der Waals surface area contributed by atoms with E-state index in [1.54, 1.807) is 6.07 Å². The molecule has 0 amide bonds. The Kier molecular flexibility index (Phi) is 7.79. The molecule has 0 atom stereocenters. The fourth-order valence-corrected chi connectivity index (χ4v) is 3.04. The van der Waals surface area contributed by atoms with Gasteiger partial charge in [0.2, 0.25) is 0 Å². The standard InChI is InChI=1S/C21H21FN4O.2ClH/c1-26(2)11-5-10-23-20-16-9-8-15(22)13-17(16)24-21(25-20)19-12-14-6-3-4-7-18(14)27-19;;/h3-4,6-9,12-13H,5,10-11H2,1-2H3,(H,23,24,25);2*1H. The number of aromatic nitrogens is 2. The highest BCUT2D eigenvalue weighted by atomic mass is 35.5. The number of hydrogen-bond acceptors (Lipinski definition) is 5. The van der Waals surface area contributed by atoms with Crippen molar-refractivity contribution in [3.05, 3.63) is 54.3 Å². The van der Waals surface area contributed by atoms with Crippen LogP contribution in [0.4, 0.5) is 10.2 Å². The Morgan fingerprint density at radius 1 is 1.03 bits per heavy atom. The van der Waals surface area contributed by atoms with E-state index in [-0.39, 0.29) is 30.6 Å². The van der Waals surface area contributed by atoms with E-state index in [9.17, 15) is 4.39 Å². The van der Waals surface area contributed by atoms with Crippen molar-refractivity contribution in [2.45, 2.75) is 6.42 Å². The molecule has 0 unspecified atom stereocenters. The Bertz CT molecular complexity index is 1070. The number of halogens is 3. The fourth-order valence-electron chi connectivity index (χ4n) is 3.04. The molecule has 0 spiro atoms. The van der Waals surface area contributed by atoms with Crippen LogP contribution in [0.25, 0.3) is 33.5 Å². The predicted octanol–water partition coefficient (Wildman–Crippen LogP) is 5.39. The van der Waals surface area contributed by atoms with E-state index in [4.69, 9.17) is 4.42 Å². The average Bonchev–Trinajstić information content (AvgIpc) is 3.08. The third-order valence-electron chi connectivity index (χ3n) is 4.38. The zero-order valence-electron chi connectivity index (χ0n) is 16.2. The molecular weight excluding hydrogens is 414 g/mol. The largest absolute Gasteiger partial charge is 0.453 e. The van der Waals surface area contributed by atoms with Gasteiger partial charge >= 0.3 is 0 Å². The minimum atomic E-state index is -0.324. The Hall–Kier alpha value is -2.41. The Balaban J connectivity index is 0.00000150. The Labute approximate surface area is 181 Å². The van der Waals surface area contributed by atoms with Crippen molar-refractivity contribution in [2.24, 2.45) is 0 Å². The maximum Gasteiger partial charge on any atom is 0.198 e. The number of nitrogens with one attached hydrogen (secondary N) is 1. The molecule has 0 aliphatic carbocycles. The smallest absolute Gasteiger partial charge is 0.198 e. The zero-order chi connectivity index (χ0) is 18.8. The van der Waals surface area contributed by atoms with Crippen molar-refractivity contribution in [3.63, 3.8) is 0 Å². The van der Waals surface area contributed by atoms with Crippen molar-refractivity contribution < 1.29 is 8.81 Å². The van der Waals surface area contributed by atoms with Crippen LogP contribution in [0.1, 0.15) is 6.42 Å². The van der Waals surface area contributed by atoms with Crippen molar-refractivity contribution in [1.29, 1.82) is 0 Å². The summed E-state index contributed by atoms with van der Waals surface area (Å²) in [5, 5.41) is 5.14. The summed E-state index contributed by atoms with van der Waals surface area (Å²) in [5.41, 5.74) is 1.33. The molecule has 0 bridgehead atoms. The van der Waals surface area contributed by atoms with Crippen molar-refractivity contribution in [3.8, 4) is 11.6 Å². The number of fused-ring (bicyclic) bond motifs is 2. The van der Waals surface area contributed by atoms with Gasteiger partial charge < -0.3 is 14.6 Å². The van der Waals surface area contributed by atoms with Gasteiger partial charge in [-0.1, -0.05) is 18.2 Å². The molecule has 154 valence electrons. The van der Waals surface area contributed by atoms with Crippen molar-refractivity contribution in [1.82, 2.24) is 14.9 Å². The summed E-state index contributed by atoms with van der Waals surface area (Å²) < 4.78 is 19.6. The van der Waals surface area contributed by atoms with E-state index in [0.717, 1.165) is 35.9 Å². The molecule has 5 nitrogen and oxygen atoms in total. The number of furan rings is 1. The highest BCUT2D eigenvalue weighted by Crippen LogP contribution is 2.29. The van der Waals surface area contributed by atoms with Crippen molar-refractivity contribution in [2.75, 3.05) is 32.5 Å². The van der Waals surface area contributed by atoms with Gasteiger partial charge in [-0.05, 0) is 51.3 Å². The van der Waals surface area contributed by atoms with Crippen LogP contribution in [-0.2, 0) is 0 Å². The lowest BCUT2D eigenvalue weighted by molar-refractivity contribution is 0.405. The summed E-state index contributed by atoms with van der Waals surface area (Å²) in [6.45, 7) is 1.74. The average molecular weight is 437 g/mol. The van der Waals surface area contributed by atoms with Gasteiger partial charge in [-0.2, -0.15) is 0 Å². The van der Waals surface area contributed by atoms with Gasteiger partial charge in [0.05, 0.1) is 5.52 Å². The molecule has 0 fully saturated rings. The molecule has 0 saturated carbocycles. The van der Waals surface area contributed by atoms with E-state index in [0.29, 0.717) is 22.9 Å². The second-order valence-electron chi connectivity index (χ2n) is 6.79. The number of benzene rings is 2. The summed E-state index contributed by atoms with van der Waals surface area (Å²) in [7, 11) is 4.09. The Morgan fingerprint density at radius 2 is 1.83 bits per heavy atom. The number of rotatable bonds is 6. The molecule has 8 heteroatoms. The van der Waals surface area contributed by atoms with Crippen LogP contribution < -0.4 is 5.32 Å². The molecule has 0 saturated heterocycles. The van der Waals surface area contributed by atoms with Crippen LogP contribution >= 0.6 is 24.8 Å². The van der Waals surface area contributed by atoms with Gasteiger partial charge in [-0.3, -0.25) is 0 Å². The van der Waals surface area contributed by atoms with E-state index in [1.807, 2.05) is 44.4 Å². The van der Waals surface area contributed by atoms with Crippen molar-refractivity contribution >= 4 is 52.5 Å². The van der Waals surface area contributed by atoms with Gasteiger partial charge in [0, 0.05) is 23.4 Å². The molecule has 2 heterocycles. The molecular formula is C21H23Cl2FN4O.